The van der Waals surface area contributed by atoms with Crippen LogP contribution in [0.1, 0.15) is 39.5 Å². The zero-order valence-corrected chi connectivity index (χ0v) is 9.21. The Bertz CT molecular complexity index is 214. The number of nitrogens with zero attached hydrogens (tertiary/aromatic N) is 1. The fraction of sp³-hybridized carbons (Fsp3) is 0.583. The Morgan fingerprint density at radius 3 is 2.57 bits per heavy atom. The molecule has 14 heavy (non-hydrogen) atoms. The molecule has 0 aromatic carbocycles. The summed E-state index contributed by atoms with van der Waals surface area (Å²) in [4.78, 5) is 1.52. The maximum Gasteiger partial charge on any atom is 0.102 e. The molecule has 0 fully saturated rings. The predicted molar refractivity (Wildman–Crippen MR) is 57.8 cm³/mol. The first-order chi connectivity index (χ1) is 6.86. The topological polar surface area (TPSA) is 28.2 Å². The van der Waals surface area contributed by atoms with E-state index in [2.05, 4.69) is 32.3 Å². The molecule has 0 saturated carbocycles. The summed E-state index contributed by atoms with van der Waals surface area (Å²) in [5, 5.41) is 6.25. The molecule has 0 saturated heterocycles. The standard InChI is InChI=1S/C11H19N.CN/c1-3-5-6-11-7-9-12(10-11)8-4-2;1-2/h7,9-10H,3-6,8H2,1-2H3;/q;-1/p+1. The molecule has 0 spiro atoms. The van der Waals surface area contributed by atoms with Crippen LogP contribution in [0.25, 0.3) is 0 Å². The summed E-state index contributed by atoms with van der Waals surface area (Å²) >= 11 is 0. The van der Waals surface area contributed by atoms with Gasteiger partial charge in [-0.3, -0.25) is 4.90 Å². The average molecular weight is 192 g/mol. The molecule has 78 valence electrons. The van der Waals surface area contributed by atoms with Gasteiger partial charge in [-0.25, -0.2) is 0 Å². The monoisotopic (exact) mass is 192 g/mol. The highest BCUT2D eigenvalue weighted by Gasteiger charge is 2.08. The molecule has 0 aliphatic carbocycles. The second-order valence-corrected chi connectivity index (χ2v) is 3.48. The van der Waals surface area contributed by atoms with E-state index in [1.807, 2.05) is 0 Å². The molecule has 0 bridgehead atoms. The lowest BCUT2D eigenvalue weighted by Crippen LogP contribution is -3.01. The van der Waals surface area contributed by atoms with Crippen LogP contribution < -0.4 is 4.90 Å². The Balaban J connectivity index is 0.000000791. The van der Waals surface area contributed by atoms with Crippen molar-refractivity contribution in [1.82, 2.24) is 0 Å². The second kappa shape index (κ2) is 8.52. The summed E-state index contributed by atoms with van der Waals surface area (Å²) < 4.78 is 0. The minimum Gasteiger partial charge on any atom is -0.512 e. The zero-order valence-electron chi connectivity index (χ0n) is 9.21. The average Bonchev–Trinajstić information content (AvgIpc) is 2.66. The van der Waals surface area contributed by atoms with E-state index >= 15 is 0 Å². The summed E-state index contributed by atoms with van der Waals surface area (Å²) in [6.45, 7) is 10.5. The predicted octanol–water partition coefficient (Wildman–Crippen LogP) is 1.98. The van der Waals surface area contributed by atoms with Gasteiger partial charge in [0.1, 0.15) is 6.20 Å². The molecule has 0 aromatic rings. The van der Waals surface area contributed by atoms with Gasteiger partial charge >= 0.3 is 0 Å². The van der Waals surface area contributed by atoms with Gasteiger partial charge in [0.05, 0.1) is 12.7 Å². The van der Waals surface area contributed by atoms with Crippen LogP contribution in [-0.4, -0.2) is 6.54 Å². The summed E-state index contributed by atoms with van der Waals surface area (Å²) in [6, 6.07) is 0. The van der Waals surface area contributed by atoms with Crippen molar-refractivity contribution in [3.63, 3.8) is 0 Å². The number of unbranched alkanes of at least 4 members (excludes halogenated alkanes) is 1. The third-order valence-corrected chi connectivity index (χ3v) is 2.24. The number of allylic oxidation sites excluding steroid dienone is 2. The van der Waals surface area contributed by atoms with Gasteiger partial charge in [0.25, 0.3) is 0 Å². The lowest BCUT2D eigenvalue weighted by Gasteiger charge is -2.02. The fourth-order valence-electron chi connectivity index (χ4n) is 1.53. The smallest absolute Gasteiger partial charge is 0.102 e. The summed E-state index contributed by atoms with van der Waals surface area (Å²) in [6.07, 6.45) is 12.1. The Labute approximate surface area is 87.5 Å². The number of hydrogen-bond acceptors (Lipinski definition) is 1. The first-order valence-corrected chi connectivity index (χ1v) is 5.33. The molecular formula is C12H20N2. The molecule has 0 amide bonds. The maximum atomic E-state index is 6.25. The van der Waals surface area contributed by atoms with E-state index < -0.39 is 0 Å². The lowest BCUT2D eigenvalue weighted by molar-refractivity contribution is -0.787. The molecule has 0 radical (unpaired) electrons. The molecule has 1 heterocycles. The van der Waals surface area contributed by atoms with Gasteiger partial charge in [0.15, 0.2) is 0 Å². The number of nitrogens with one attached hydrogen (secondary N) is 1. The van der Waals surface area contributed by atoms with Crippen LogP contribution in [0.15, 0.2) is 24.0 Å². The van der Waals surface area contributed by atoms with Gasteiger partial charge in [-0.15, -0.1) is 0 Å². The van der Waals surface area contributed by atoms with Crippen LogP contribution in [0.5, 0.6) is 0 Å². The highest BCUT2D eigenvalue weighted by Crippen LogP contribution is 2.08. The molecule has 1 rings (SSSR count). The summed E-state index contributed by atoms with van der Waals surface area (Å²) in [5.41, 5.74) is 1.53. The van der Waals surface area contributed by atoms with E-state index in [1.165, 1.54) is 42.7 Å². The van der Waals surface area contributed by atoms with Crippen molar-refractivity contribution in [3.8, 4) is 0 Å². The van der Waals surface area contributed by atoms with Gasteiger partial charge in [-0.1, -0.05) is 20.3 Å². The van der Waals surface area contributed by atoms with Gasteiger partial charge in [-0.2, -0.15) is 0 Å². The number of hydrogen-bond donors (Lipinski definition) is 1. The van der Waals surface area contributed by atoms with Crippen LogP contribution in [0.2, 0.25) is 0 Å². The molecule has 0 aromatic heterocycles. The van der Waals surface area contributed by atoms with Crippen LogP contribution in [0.3, 0.4) is 0 Å². The Morgan fingerprint density at radius 1 is 1.29 bits per heavy atom. The Hall–Kier alpha value is -1.07. The third-order valence-electron chi connectivity index (χ3n) is 2.24. The highest BCUT2D eigenvalue weighted by atomic mass is 15.1. The normalized spacial score (nSPS) is 18.6. The Kier molecular flexibility index (Phi) is 7.87. The van der Waals surface area contributed by atoms with Crippen molar-refractivity contribution in [3.05, 3.63) is 30.6 Å². The van der Waals surface area contributed by atoms with Crippen molar-refractivity contribution < 1.29 is 4.90 Å². The van der Waals surface area contributed by atoms with Crippen molar-refractivity contribution in [2.75, 3.05) is 6.54 Å². The van der Waals surface area contributed by atoms with Crippen molar-refractivity contribution in [1.29, 1.82) is 5.26 Å². The van der Waals surface area contributed by atoms with E-state index in [1.54, 1.807) is 0 Å². The zero-order chi connectivity index (χ0) is 10.8. The molecule has 1 aliphatic heterocycles. The minimum absolute atomic E-state index is 1.24. The van der Waals surface area contributed by atoms with Crippen LogP contribution >= 0.6 is 0 Å². The highest BCUT2D eigenvalue weighted by molar-refractivity contribution is 5.17. The molecule has 1 N–H and O–H groups in total. The molecule has 1 unspecified atom stereocenters. The van der Waals surface area contributed by atoms with Crippen LogP contribution in [0, 0.1) is 11.8 Å². The van der Waals surface area contributed by atoms with Crippen molar-refractivity contribution in [2.45, 2.75) is 39.5 Å². The van der Waals surface area contributed by atoms with Gasteiger partial charge in [0, 0.05) is 11.6 Å². The number of rotatable bonds is 5. The van der Waals surface area contributed by atoms with Crippen molar-refractivity contribution in [2.24, 2.45) is 0 Å². The summed E-state index contributed by atoms with van der Waals surface area (Å²) in [5.74, 6) is 0. The molecular weight excluding hydrogens is 172 g/mol. The van der Waals surface area contributed by atoms with E-state index in [4.69, 9.17) is 11.8 Å². The van der Waals surface area contributed by atoms with E-state index in [0.717, 1.165) is 0 Å². The van der Waals surface area contributed by atoms with Gasteiger partial charge in [0.2, 0.25) is 0 Å². The van der Waals surface area contributed by atoms with Crippen LogP contribution in [-0.2, 0) is 0 Å². The van der Waals surface area contributed by atoms with E-state index in [-0.39, 0.29) is 0 Å². The first kappa shape index (κ1) is 12.9. The quantitative estimate of drug-likeness (QED) is 0.663. The third kappa shape index (κ3) is 4.84. The molecule has 1 aliphatic rings. The Morgan fingerprint density at radius 2 is 2.00 bits per heavy atom. The second-order valence-electron chi connectivity index (χ2n) is 3.48. The van der Waals surface area contributed by atoms with Crippen LogP contribution in [0.4, 0.5) is 0 Å². The number of quaternary nitrogens is 1. The molecule has 2 nitrogen and oxygen atoms in total. The van der Waals surface area contributed by atoms with Gasteiger partial charge < -0.3 is 11.8 Å². The van der Waals surface area contributed by atoms with E-state index in [9.17, 15) is 0 Å². The summed E-state index contributed by atoms with van der Waals surface area (Å²) in [7, 11) is 0. The maximum absolute atomic E-state index is 6.25. The minimum atomic E-state index is 1.24. The van der Waals surface area contributed by atoms with Crippen molar-refractivity contribution >= 4 is 0 Å². The molecule has 2 heteroatoms. The van der Waals surface area contributed by atoms with Gasteiger partial charge in [-0.05, 0) is 19.3 Å². The largest absolute Gasteiger partial charge is 0.512 e. The molecule has 1 atom stereocenters. The SMILES string of the molecule is CCCCC1=C[NH+](CCC)C=C1.[C-]#N. The first-order valence-electron chi connectivity index (χ1n) is 5.33. The lowest BCUT2D eigenvalue weighted by atomic mass is 10.1. The fourth-order valence-corrected chi connectivity index (χ4v) is 1.53. The van der Waals surface area contributed by atoms with E-state index in [0.29, 0.717) is 0 Å².